The van der Waals surface area contributed by atoms with Gasteiger partial charge in [0.05, 0.1) is 0 Å². The highest BCUT2D eigenvalue weighted by Gasteiger charge is 2.18. The van der Waals surface area contributed by atoms with Crippen LogP contribution < -0.4 is 0 Å². The normalized spacial score (nSPS) is 10.9. The lowest BCUT2D eigenvalue weighted by atomic mass is 9.89. The number of hydrogen-bond donors (Lipinski definition) is 0. The first-order valence-electron chi connectivity index (χ1n) is 4.56. The van der Waals surface area contributed by atoms with E-state index in [9.17, 15) is 19.7 Å². The van der Waals surface area contributed by atoms with Crippen LogP contribution in [-0.4, -0.2) is 23.3 Å². The fraction of sp³-hybridized carbons (Fsp3) is 0.778. The highest BCUT2D eigenvalue weighted by Crippen LogP contribution is 2.20. The lowest BCUT2D eigenvalue weighted by molar-refractivity contribution is -0.754. The van der Waals surface area contributed by atoms with Gasteiger partial charge in [-0.2, -0.15) is 0 Å². The standard InChI is InChI=1S/C9H15NO5/c1-9(2,3)5-4-7(11)8(12)6-15-10(13)14/h4-6H2,1-3H3. The summed E-state index contributed by atoms with van der Waals surface area (Å²) in [5.74, 6) is -1.47. The number of Topliss-reactive ketones (excluding diaryl/α,β-unsaturated/α-hetero) is 2. The van der Waals surface area contributed by atoms with E-state index in [0.29, 0.717) is 6.42 Å². The van der Waals surface area contributed by atoms with Crippen LogP contribution in [0.25, 0.3) is 0 Å². The van der Waals surface area contributed by atoms with Crippen molar-refractivity contribution in [3.05, 3.63) is 10.1 Å². The third kappa shape index (κ3) is 7.60. The molecule has 0 fully saturated rings. The Morgan fingerprint density at radius 2 is 1.80 bits per heavy atom. The highest BCUT2D eigenvalue weighted by molar-refractivity contribution is 6.37. The van der Waals surface area contributed by atoms with E-state index in [0.717, 1.165) is 0 Å². The van der Waals surface area contributed by atoms with Crippen LogP contribution in [-0.2, 0) is 14.4 Å². The number of nitrogens with zero attached hydrogens (tertiary/aromatic N) is 1. The number of hydrogen-bond acceptors (Lipinski definition) is 5. The van der Waals surface area contributed by atoms with E-state index in [1.54, 1.807) is 0 Å². The molecule has 0 aliphatic carbocycles. The molecule has 0 N–H and O–H groups in total. The summed E-state index contributed by atoms with van der Waals surface area (Å²) in [7, 11) is 0. The van der Waals surface area contributed by atoms with Crippen LogP contribution in [0.1, 0.15) is 33.6 Å². The Balaban J connectivity index is 3.90. The summed E-state index contributed by atoms with van der Waals surface area (Å²) >= 11 is 0. The van der Waals surface area contributed by atoms with Crippen LogP contribution >= 0.6 is 0 Å². The molecule has 0 rings (SSSR count). The van der Waals surface area contributed by atoms with Crippen LogP contribution in [0.5, 0.6) is 0 Å². The van der Waals surface area contributed by atoms with Crippen LogP contribution in [0.4, 0.5) is 0 Å². The van der Waals surface area contributed by atoms with Crippen molar-refractivity contribution in [2.75, 3.05) is 6.61 Å². The van der Waals surface area contributed by atoms with Gasteiger partial charge in [-0.05, 0) is 11.8 Å². The quantitative estimate of drug-likeness (QED) is 0.378. The van der Waals surface area contributed by atoms with Gasteiger partial charge in [0, 0.05) is 6.42 Å². The molecule has 0 amide bonds. The lowest BCUT2D eigenvalue weighted by Crippen LogP contribution is -2.22. The maximum atomic E-state index is 11.2. The Morgan fingerprint density at radius 1 is 1.27 bits per heavy atom. The summed E-state index contributed by atoms with van der Waals surface area (Å²) in [5.41, 5.74) is -0.0418. The van der Waals surface area contributed by atoms with Gasteiger partial charge in [-0.15, -0.1) is 10.1 Å². The molecule has 86 valence electrons. The molecule has 0 aliphatic heterocycles. The summed E-state index contributed by atoms with van der Waals surface area (Å²) in [5, 5.41) is 8.67. The molecule has 6 nitrogen and oxygen atoms in total. The van der Waals surface area contributed by atoms with Crippen LogP contribution in [0.2, 0.25) is 0 Å². The second kappa shape index (κ2) is 5.43. The maximum absolute atomic E-state index is 11.2. The zero-order valence-corrected chi connectivity index (χ0v) is 9.11. The van der Waals surface area contributed by atoms with E-state index in [1.165, 1.54) is 0 Å². The minimum Gasteiger partial charge on any atom is -0.305 e. The van der Waals surface area contributed by atoms with Gasteiger partial charge < -0.3 is 4.84 Å². The number of rotatable bonds is 6. The van der Waals surface area contributed by atoms with E-state index in [1.807, 2.05) is 20.8 Å². The molecule has 0 aliphatic rings. The molecule has 0 radical (unpaired) electrons. The van der Waals surface area contributed by atoms with Gasteiger partial charge in [0.2, 0.25) is 5.78 Å². The monoisotopic (exact) mass is 217 g/mol. The smallest absolute Gasteiger partial charge is 0.294 e. The molecule has 0 atom stereocenters. The van der Waals surface area contributed by atoms with Gasteiger partial charge in [-0.25, -0.2) is 0 Å². The minimum atomic E-state index is -1.09. The zero-order valence-electron chi connectivity index (χ0n) is 9.11. The summed E-state index contributed by atoms with van der Waals surface area (Å²) in [6.45, 7) is 5.05. The molecular formula is C9H15NO5. The van der Waals surface area contributed by atoms with E-state index < -0.39 is 23.3 Å². The van der Waals surface area contributed by atoms with Crippen molar-refractivity contribution in [1.29, 1.82) is 0 Å². The van der Waals surface area contributed by atoms with Crippen molar-refractivity contribution >= 4 is 11.6 Å². The predicted octanol–water partition coefficient (Wildman–Crippen LogP) is 1.16. The molecule has 0 bridgehead atoms. The molecular weight excluding hydrogens is 202 g/mol. The Morgan fingerprint density at radius 3 is 2.20 bits per heavy atom. The molecule has 0 saturated heterocycles. The maximum Gasteiger partial charge on any atom is 0.294 e. The fourth-order valence-corrected chi connectivity index (χ4v) is 0.820. The molecule has 0 unspecified atom stereocenters. The lowest BCUT2D eigenvalue weighted by Gasteiger charge is -2.16. The van der Waals surface area contributed by atoms with E-state index in [2.05, 4.69) is 4.84 Å². The first kappa shape index (κ1) is 13.5. The number of carbonyl (C=O) groups excluding carboxylic acids is 2. The second-order valence-electron chi connectivity index (χ2n) is 4.40. The Bertz CT molecular complexity index is 266. The second-order valence-corrected chi connectivity index (χ2v) is 4.40. The van der Waals surface area contributed by atoms with Crippen molar-refractivity contribution in [2.24, 2.45) is 5.41 Å². The molecule has 6 heteroatoms. The molecule has 15 heavy (non-hydrogen) atoms. The van der Waals surface area contributed by atoms with Crippen molar-refractivity contribution < 1.29 is 19.5 Å². The predicted molar refractivity (Wildman–Crippen MR) is 51.6 cm³/mol. The molecule has 0 aromatic carbocycles. The zero-order chi connectivity index (χ0) is 12.1. The van der Waals surface area contributed by atoms with Crippen molar-refractivity contribution in [2.45, 2.75) is 33.6 Å². The topological polar surface area (TPSA) is 86.5 Å². The van der Waals surface area contributed by atoms with Crippen LogP contribution in [0, 0.1) is 15.5 Å². The Labute approximate surface area is 87.7 Å². The summed E-state index contributed by atoms with van der Waals surface area (Å²) in [6, 6.07) is 0. The van der Waals surface area contributed by atoms with Gasteiger partial charge in [0.1, 0.15) is 0 Å². The Hall–Kier alpha value is -1.46. The first-order valence-corrected chi connectivity index (χ1v) is 4.56. The van der Waals surface area contributed by atoms with Crippen LogP contribution in [0.3, 0.4) is 0 Å². The van der Waals surface area contributed by atoms with Gasteiger partial charge in [0.25, 0.3) is 5.09 Å². The molecule has 0 heterocycles. The fourth-order valence-electron chi connectivity index (χ4n) is 0.820. The number of carbonyl (C=O) groups is 2. The highest BCUT2D eigenvalue weighted by atomic mass is 16.9. The van der Waals surface area contributed by atoms with E-state index in [-0.39, 0.29) is 11.8 Å². The molecule has 0 saturated carbocycles. The molecule has 0 aromatic rings. The first-order chi connectivity index (χ1) is 6.72. The van der Waals surface area contributed by atoms with Gasteiger partial charge in [-0.1, -0.05) is 20.8 Å². The van der Waals surface area contributed by atoms with E-state index >= 15 is 0 Å². The van der Waals surface area contributed by atoms with Crippen molar-refractivity contribution in [3.63, 3.8) is 0 Å². The third-order valence-electron chi connectivity index (χ3n) is 1.71. The van der Waals surface area contributed by atoms with Gasteiger partial charge >= 0.3 is 0 Å². The van der Waals surface area contributed by atoms with Gasteiger partial charge in [0.15, 0.2) is 12.4 Å². The third-order valence-corrected chi connectivity index (χ3v) is 1.71. The average Bonchev–Trinajstić information content (AvgIpc) is 2.08. The molecule has 0 spiro atoms. The van der Waals surface area contributed by atoms with Gasteiger partial charge in [-0.3, -0.25) is 9.59 Å². The summed E-state index contributed by atoms with van der Waals surface area (Å²) < 4.78 is 0. The van der Waals surface area contributed by atoms with Crippen molar-refractivity contribution in [1.82, 2.24) is 0 Å². The molecule has 0 aromatic heterocycles. The van der Waals surface area contributed by atoms with Crippen molar-refractivity contribution in [3.8, 4) is 0 Å². The minimum absolute atomic E-state index is 0.0418. The average molecular weight is 217 g/mol. The number of ketones is 2. The van der Waals surface area contributed by atoms with E-state index in [4.69, 9.17) is 0 Å². The summed E-state index contributed by atoms with van der Waals surface area (Å²) in [6.07, 6.45) is 0.666. The largest absolute Gasteiger partial charge is 0.305 e. The Kier molecular flexibility index (Phi) is 4.90. The van der Waals surface area contributed by atoms with Crippen LogP contribution in [0.15, 0.2) is 0 Å². The SMILES string of the molecule is CC(C)(C)CCC(=O)C(=O)CO[N+](=O)[O-]. The summed E-state index contributed by atoms with van der Waals surface area (Å²) in [4.78, 5) is 35.7.